The molecule has 3 rings (SSSR count). The van der Waals surface area contributed by atoms with Gasteiger partial charge in [0.25, 0.3) is 5.91 Å². The molecule has 132 valence electrons. The predicted molar refractivity (Wildman–Crippen MR) is 87.1 cm³/mol. The minimum Gasteiger partial charge on any atom is -0.373 e. The molecule has 2 aromatic rings. The third-order valence-corrected chi connectivity index (χ3v) is 4.01. The van der Waals surface area contributed by atoms with Crippen LogP contribution in [0, 0.1) is 11.6 Å². The van der Waals surface area contributed by atoms with Gasteiger partial charge in [0.2, 0.25) is 5.91 Å². The molecule has 0 bridgehead atoms. The summed E-state index contributed by atoms with van der Waals surface area (Å²) in [6, 6.07) is 3.56. The number of fused-ring (bicyclic) bond motifs is 1. The molecule has 2 heterocycles. The number of rotatable bonds is 4. The summed E-state index contributed by atoms with van der Waals surface area (Å²) in [5, 5.41) is 3.05. The molecule has 0 unspecified atom stereocenters. The van der Waals surface area contributed by atoms with Gasteiger partial charge in [-0.25, -0.2) is 8.78 Å². The molecule has 1 aromatic heterocycles. The van der Waals surface area contributed by atoms with Gasteiger partial charge in [0, 0.05) is 36.6 Å². The number of nitrogens with one attached hydrogen (secondary N) is 2. The van der Waals surface area contributed by atoms with Gasteiger partial charge in [0.1, 0.15) is 5.69 Å². The van der Waals surface area contributed by atoms with Gasteiger partial charge in [-0.3, -0.25) is 9.59 Å². The molecule has 0 spiro atoms. The zero-order valence-corrected chi connectivity index (χ0v) is 13.4. The summed E-state index contributed by atoms with van der Waals surface area (Å²) in [7, 11) is 0. The summed E-state index contributed by atoms with van der Waals surface area (Å²) < 4.78 is 32.1. The fourth-order valence-electron chi connectivity index (χ4n) is 2.73. The lowest BCUT2D eigenvalue weighted by Gasteiger charge is -2.32. The first-order valence-electron chi connectivity index (χ1n) is 7.77. The van der Waals surface area contributed by atoms with Crippen LogP contribution >= 0.6 is 0 Å². The van der Waals surface area contributed by atoms with Crippen molar-refractivity contribution in [3.63, 3.8) is 0 Å². The molecule has 1 aromatic carbocycles. The van der Waals surface area contributed by atoms with Gasteiger partial charge in [-0.1, -0.05) is 6.58 Å². The minimum absolute atomic E-state index is 0.246. The molecule has 1 aliphatic rings. The Morgan fingerprint density at radius 3 is 2.88 bits per heavy atom. The first-order valence-corrected chi connectivity index (χ1v) is 7.77. The molecule has 1 atom stereocenters. The van der Waals surface area contributed by atoms with E-state index in [1.54, 1.807) is 4.90 Å². The molecule has 25 heavy (non-hydrogen) atoms. The second kappa shape index (κ2) is 7.02. The van der Waals surface area contributed by atoms with E-state index in [0.29, 0.717) is 30.6 Å². The van der Waals surface area contributed by atoms with Gasteiger partial charge in [0.05, 0.1) is 12.7 Å². The molecule has 2 N–H and O–H groups in total. The molecule has 0 radical (unpaired) electrons. The Hall–Kier alpha value is -2.74. The van der Waals surface area contributed by atoms with Crippen molar-refractivity contribution in [2.75, 3.05) is 26.2 Å². The lowest BCUT2D eigenvalue weighted by molar-refractivity contribution is -0.117. The molecule has 6 nitrogen and oxygen atoms in total. The Kier molecular flexibility index (Phi) is 4.80. The van der Waals surface area contributed by atoms with Gasteiger partial charge < -0.3 is 19.9 Å². The summed E-state index contributed by atoms with van der Waals surface area (Å²) in [4.78, 5) is 28.2. The largest absolute Gasteiger partial charge is 0.373 e. The maximum Gasteiger partial charge on any atom is 0.270 e. The number of morpholine rings is 1. The van der Waals surface area contributed by atoms with Crippen LogP contribution in [-0.2, 0) is 9.53 Å². The van der Waals surface area contributed by atoms with E-state index in [1.165, 1.54) is 6.07 Å². The molecule has 8 heteroatoms. The van der Waals surface area contributed by atoms with Crippen LogP contribution in [0.15, 0.2) is 30.9 Å². The molecule has 1 aliphatic heterocycles. The highest BCUT2D eigenvalue weighted by Crippen LogP contribution is 2.20. The third kappa shape index (κ3) is 3.69. The minimum atomic E-state index is -0.974. The summed E-state index contributed by atoms with van der Waals surface area (Å²) in [6.07, 6.45) is 0.829. The SMILES string of the molecule is C=CC(=O)NC[C@H]1CN(C(=O)c2cc3cc(F)c(F)cc3[nH]2)CCO1. The molecule has 0 saturated carbocycles. The first kappa shape index (κ1) is 17.1. The number of aromatic nitrogens is 1. The highest BCUT2D eigenvalue weighted by atomic mass is 19.2. The average molecular weight is 349 g/mol. The van der Waals surface area contributed by atoms with Crippen molar-refractivity contribution in [3.05, 3.63) is 48.2 Å². The standard InChI is InChI=1S/C17H17F2N3O3/c1-2-16(23)20-8-11-9-22(3-4-25-11)17(24)15-6-10-5-12(18)13(19)7-14(10)21-15/h2,5-7,11,21H,1,3-4,8-9H2,(H,20,23)/t11-/m0/s1. The molecular formula is C17H17F2N3O3. The highest BCUT2D eigenvalue weighted by Gasteiger charge is 2.26. The molecule has 1 saturated heterocycles. The average Bonchev–Trinajstić information content (AvgIpc) is 3.02. The van der Waals surface area contributed by atoms with E-state index >= 15 is 0 Å². The van der Waals surface area contributed by atoms with E-state index in [4.69, 9.17) is 4.74 Å². The molecular weight excluding hydrogens is 332 g/mol. The molecule has 2 amide bonds. The first-order chi connectivity index (χ1) is 12.0. The van der Waals surface area contributed by atoms with Crippen molar-refractivity contribution in [2.45, 2.75) is 6.10 Å². The topological polar surface area (TPSA) is 74.4 Å². The lowest BCUT2D eigenvalue weighted by atomic mass is 10.2. The highest BCUT2D eigenvalue weighted by molar-refractivity contribution is 5.98. The monoisotopic (exact) mass is 349 g/mol. The summed E-state index contributed by atoms with van der Waals surface area (Å²) in [5.74, 6) is -2.54. The fraction of sp³-hybridized carbons (Fsp3) is 0.294. The van der Waals surface area contributed by atoms with Crippen molar-refractivity contribution in [3.8, 4) is 0 Å². The smallest absolute Gasteiger partial charge is 0.270 e. The fourth-order valence-corrected chi connectivity index (χ4v) is 2.73. The second-order valence-electron chi connectivity index (χ2n) is 5.73. The normalized spacial score (nSPS) is 17.5. The van der Waals surface area contributed by atoms with Crippen LogP contribution in [0.4, 0.5) is 8.78 Å². The Balaban J connectivity index is 1.71. The zero-order valence-electron chi connectivity index (χ0n) is 13.4. The number of amides is 2. The maximum absolute atomic E-state index is 13.3. The number of carbonyl (C=O) groups excluding carboxylic acids is 2. The van der Waals surface area contributed by atoms with Gasteiger partial charge in [-0.05, 0) is 18.2 Å². The summed E-state index contributed by atoms with van der Waals surface area (Å²) in [5.41, 5.74) is 0.598. The Morgan fingerprint density at radius 2 is 2.12 bits per heavy atom. The van der Waals surface area contributed by atoms with Gasteiger partial charge in [0.15, 0.2) is 11.6 Å². The number of hydrogen-bond acceptors (Lipinski definition) is 3. The number of hydrogen-bond donors (Lipinski definition) is 2. The molecule has 0 aliphatic carbocycles. The van der Waals surface area contributed by atoms with Crippen molar-refractivity contribution in [1.82, 2.24) is 15.2 Å². The van der Waals surface area contributed by atoms with Gasteiger partial charge >= 0.3 is 0 Å². The number of benzene rings is 1. The summed E-state index contributed by atoms with van der Waals surface area (Å²) in [6.45, 7) is 4.66. The van der Waals surface area contributed by atoms with Crippen molar-refractivity contribution in [2.24, 2.45) is 0 Å². The number of nitrogens with zero attached hydrogens (tertiary/aromatic N) is 1. The summed E-state index contributed by atoms with van der Waals surface area (Å²) >= 11 is 0. The van der Waals surface area contributed by atoms with Crippen LogP contribution in [0.2, 0.25) is 0 Å². The maximum atomic E-state index is 13.3. The number of aromatic amines is 1. The number of ether oxygens (including phenoxy) is 1. The van der Waals surface area contributed by atoms with Crippen molar-refractivity contribution in [1.29, 1.82) is 0 Å². The predicted octanol–water partition coefficient (Wildman–Crippen LogP) is 1.59. The van der Waals surface area contributed by atoms with Crippen LogP contribution in [0.1, 0.15) is 10.5 Å². The van der Waals surface area contributed by atoms with E-state index in [-0.39, 0.29) is 30.2 Å². The van der Waals surface area contributed by atoms with E-state index < -0.39 is 11.6 Å². The van der Waals surface area contributed by atoms with E-state index in [2.05, 4.69) is 16.9 Å². The second-order valence-corrected chi connectivity index (χ2v) is 5.73. The van der Waals surface area contributed by atoms with Crippen LogP contribution in [-0.4, -0.2) is 54.0 Å². The van der Waals surface area contributed by atoms with Crippen molar-refractivity contribution < 1.29 is 23.1 Å². The zero-order chi connectivity index (χ0) is 18.0. The van der Waals surface area contributed by atoms with E-state index in [9.17, 15) is 18.4 Å². The lowest BCUT2D eigenvalue weighted by Crippen LogP contribution is -2.49. The van der Waals surface area contributed by atoms with Crippen LogP contribution in [0.5, 0.6) is 0 Å². The van der Waals surface area contributed by atoms with Crippen LogP contribution in [0.25, 0.3) is 10.9 Å². The number of halogens is 2. The number of carbonyl (C=O) groups is 2. The van der Waals surface area contributed by atoms with Gasteiger partial charge in [-0.2, -0.15) is 0 Å². The van der Waals surface area contributed by atoms with Gasteiger partial charge in [-0.15, -0.1) is 0 Å². The molecule has 1 fully saturated rings. The van der Waals surface area contributed by atoms with Crippen LogP contribution < -0.4 is 5.32 Å². The van der Waals surface area contributed by atoms with Crippen molar-refractivity contribution >= 4 is 22.7 Å². The van der Waals surface area contributed by atoms with E-state index in [0.717, 1.165) is 18.2 Å². The Labute approximate surface area is 142 Å². The Bertz CT molecular complexity index is 795. The van der Waals surface area contributed by atoms with E-state index in [1.807, 2.05) is 0 Å². The van der Waals surface area contributed by atoms with Crippen LogP contribution in [0.3, 0.4) is 0 Å². The Morgan fingerprint density at radius 1 is 1.36 bits per heavy atom. The quantitative estimate of drug-likeness (QED) is 0.823. The third-order valence-electron chi connectivity index (χ3n) is 4.01. The number of H-pyrrole nitrogens is 1.